The molecular formula is C21H19NO. The maximum Gasteiger partial charge on any atom is 0.221 e. The molecule has 3 aromatic carbocycles. The van der Waals surface area contributed by atoms with Gasteiger partial charge in [-0.05, 0) is 35.7 Å². The molecule has 0 aliphatic rings. The zero-order chi connectivity index (χ0) is 16.2. The van der Waals surface area contributed by atoms with Crippen molar-refractivity contribution in [1.82, 2.24) is 0 Å². The maximum absolute atomic E-state index is 11.8. The highest BCUT2D eigenvalue weighted by molar-refractivity contribution is 6.00. The third kappa shape index (κ3) is 3.32. The summed E-state index contributed by atoms with van der Waals surface area (Å²) in [7, 11) is 0. The Labute approximate surface area is 136 Å². The predicted octanol–water partition coefficient (Wildman–Crippen LogP) is 5.29. The summed E-state index contributed by atoms with van der Waals surface area (Å²) in [6.07, 6.45) is 0. The molecule has 0 saturated heterocycles. The molecule has 0 aliphatic carbocycles. The molecule has 3 aromatic rings. The molecule has 0 aromatic heterocycles. The van der Waals surface area contributed by atoms with Crippen LogP contribution < -0.4 is 5.32 Å². The van der Waals surface area contributed by atoms with E-state index in [0.717, 1.165) is 33.5 Å². The lowest BCUT2D eigenvalue weighted by atomic mass is 9.93. The Morgan fingerprint density at radius 3 is 1.61 bits per heavy atom. The third-order valence-electron chi connectivity index (χ3n) is 3.75. The molecule has 1 N–H and O–H groups in total. The van der Waals surface area contributed by atoms with Crippen molar-refractivity contribution in [2.75, 3.05) is 5.32 Å². The highest BCUT2D eigenvalue weighted by atomic mass is 16.1. The maximum atomic E-state index is 11.8. The van der Waals surface area contributed by atoms with E-state index in [1.165, 1.54) is 0 Å². The van der Waals surface area contributed by atoms with Gasteiger partial charge in [-0.1, -0.05) is 60.7 Å². The van der Waals surface area contributed by atoms with Gasteiger partial charge in [0, 0.05) is 18.1 Å². The van der Waals surface area contributed by atoms with Crippen molar-refractivity contribution in [3.8, 4) is 22.3 Å². The van der Waals surface area contributed by atoms with Gasteiger partial charge in [-0.2, -0.15) is 0 Å². The minimum Gasteiger partial charge on any atom is -0.325 e. The molecule has 0 atom stereocenters. The molecule has 0 bridgehead atoms. The van der Waals surface area contributed by atoms with Gasteiger partial charge in [0.15, 0.2) is 0 Å². The van der Waals surface area contributed by atoms with Gasteiger partial charge in [0.25, 0.3) is 0 Å². The van der Waals surface area contributed by atoms with Crippen LogP contribution in [0.4, 0.5) is 5.69 Å². The lowest BCUT2D eigenvalue weighted by molar-refractivity contribution is -0.114. The second-order valence-electron chi connectivity index (χ2n) is 5.65. The van der Waals surface area contributed by atoms with Gasteiger partial charge in [0.1, 0.15) is 0 Å². The summed E-state index contributed by atoms with van der Waals surface area (Å²) in [5.74, 6) is -0.0665. The molecule has 0 fully saturated rings. The Hall–Kier alpha value is -2.87. The van der Waals surface area contributed by atoms with Gasteiger partial charge in [-0.25, -0.2) is 0 Å². The second-order valence-corrected chi connectivity index (χ2v) is 5.65. The van der Waals surface area contributed by atoms with Crippen molar-refractivity contribution in [3.63, 3.8) is 0 Å². The summed E-state index contributed by atoms with van der Waals surface area (Å²) in [5, 5.41) is 3.03. The van der Waals surface area contributed by atoms with E-state index in [9.17, 15) is 4.79 Å². The molecule has 0 unspecified atom stereocenters. The Morgan fingerprint density at radius 2 is 1.22 bits per heavy atom. The summed E-state index contributed by atoms with van der Waals surface area (Å²) in [5.41, 5.74) is 6.30. The first-order valence-electron chi connectivity index (χ1n) is 7.68. The Balaban J connectivity index is 2.27. The minimum atomic E-state index is -0.0665. The number of hydrogen-bond acceptors (Lipinski definition) is 1. The van der Waals surface area contributed by atoms with E-state index in [4.69, 9.17) is 0 Å². The van der Waals surface area contributed by atoms with Gasteiger partial charge in [0.2, 0.25) is 5.91 Å². The quantitative estimate of drug-likeness (QED) is 0.700. The van der Waals surface area contributed by atoms with Crippen LogP contribution in [0.5, 0.6) is 0 Å². The summed E-state index contributed by atoms with van der Waals surface area (Å²) < 4.78 is 0. The average Bonchev–Trinajstić information content (AvgIpc) is 2.57. The van der Waals surface area contributed by atoms with Gasteiger partial charge in [-0.15, -0.1) is 0 Å². The van der Waals surface area contributed by atoms with E-state index < -0.39 is 0 Å². The van der Waals surface area contributed by atoms with Crippen LogP contribution in [0.3, 0.4) is 0 Å². The first-order valence-corrected chi connectivity index (χ1v) is 7.68. The second kappa shape index (κ2) is 6.49. The van der Waals surface area contributed by atoms with Crippen LogP contribution in [0, 0.1) is 6.92 Å². The number of carbonyl (C=O) groups is 1. The molecular weight excluding hydrogens is 282 g/mol. The molecule has 2 heteroatoms. The Kier molecular flexibility index (Phi) is 4.24. The van der Waals surface area contributed by atoms with Crippen molar-refractivity contribution in [3.05, 3.63) is 78.4 Å². The number of rotatable bonds is 3. The molecule has 114 valence electrons. The smallest absolute Gasteiger partial charge is 0.221 e. The normalized spacial score (nSPS) is 10.3. The lowest BCUT2D eigenvalue weighted by Gasteiger charge is -2.17. The lowest BCUT2D eigenvalue weighted by Crippen LogP contribution is -2.08. The van der Waals surface area contributed by atoms with Gasteiger partial charge in [0.05, 0.1) is 5.69 Å². The Morgan fingerprint density at radius 1 is 0.783 bits per heavy atom. The first kappa shape index (κ1) is 15.0. The van der Waals surface area contributed by atoms with Gasteiger partial charge >= 0.3 is 0 Å². The number of carbonyl (C=O) groups excluding carboxylic acids is 1. The minimum absolute atomic E-state index is 0.0665. The highest BCUT2D eigenvalue weighted by Crippen LogP contribution is 2.38. The topological polar surface area (TPSA) is 29.1 Å². The van der Waals surface area contributed by atoms with Crippen LogP contribution in [0.2, 0.25) is 0 Å². The SMILES string of the molecule is CC(=O)Nc1c(-c2ccccc2)cc(C)cc1-c1ccccc1. The van der Waals surface area contributed by atoms with Crippen molar-refractivity contribution in [2.24, 2.45) is 0 Å². The number of hydrogen-bond donors (Lipinski definition) is 1. The fourth-order valence-electron chi connectivity index (χ4n) is 2.79. The summed E-state index contributed by atoms with van der Waals surface area (Å²) >= 11 is 0. The molecule has 0 spiro atoms. The zero-order valence-corrected chi connectivity index (χ0v) is 13.3. The van der Waals surface area contributed by atoms with E-state index >= 15 is 0 Å². The number of amides is 1. The molecule has 23 heavy (non-hydrogen) atoms. The average molecular weight is 301 g/mol. The van der Waals surface area contributed by atoms with Crippen LogP contribution in [-0.2, 0) is 4.79 Å². The van der Waals surface area contributed by atoms with Crippen molar-refractivity contribution >= 4 is 11.6 Å². The Bertz CT molecular complexity index is 762. The summed E-state index contributed by atoms with van der Waals surface area (Å²) in [6.45, 7) is 3.62. The molecule has 2 nitrogen and oxygen atoms in total. The van der Waals surface area contributed by atoms with E-state index in [-0.39, 0.29) is 5.91 Å². The van der Waals surface area contributed by atoms with E-state index in [1.807, 2.05) is 36.4 Å². The van der Waals surface area contributed by atoms with Gasteiger partial charge < -0.3 is 5.32 Å². The number of aryl methyl sites for hydroxylation is 1. The third-order valence-corrected chi connectivity index (χ3v) is 3.75. The standard InChI is InChI=1S/C21H19NO/c1-15-13-19(17-9-5-3-6-10-17)21(22-16(2)23)20(14-15)18-11-7-4-8-12-18/h3-14H,1-2H3,(H,22,23). The number of nitrogens with one attached hydrogen (secondary N) is 1. The van der Waals surface area contributed by atoms with Crippen LogP contribution in [0.1, 0.15) is 12.5 Å². The molecule has 3 rings (SSSR count). The van der Waals surface area contributed by atoms with E-state index in [1.54, 1.807) is 6.92 Å². The molecule has 0 saturated carbocycles. The fraction of sp³-hybridized carbons (Fsp3) is 0.0952. The van der Waals surface area contributed by atoms with Crippen molar-refractivity contribution in [1.29, 1.82) is 0 Å². The molecule has 0 aliphatic heterocycles. The molecule has 1 amide bonds. The van der Waals surface area contributed by atoms with Crippen molar-refractivity contribution < 1.29 is 4.79 Å². The first-order chi connectivity index (χ1) is 11.1. The van der Waals surface area contributed by atoms with Crippen LogP contribution >= 0.6 is 0 Å². The van der Waals surface area contributed by atoms with Crippen LogP contribution in [0.25, 0.3) is 22.3 Å². The monoisotopic (exact) mass is 301 g/mol. The predicted molar refractivity (Wildman–Crippen MR) is 96.4 cm³/mol. The molecule has 0 radical (unpaired) electrons. The molecule has 0 heterocycles. The number of benzene rings is 3. The van der Waals surface area contributed by atoms with Crippen LogP contribution in [0.15, 0.2) is 72.8 Å². The van der Waals surface area contributed by atoms with E-state index in [0.29, 0.717) is 0 Å². The van der Waals surface area contributed by atoms with E-state index in [2.05, 4.69) is 48.6 Å². The largest absolute Gasteiger partial charge is 0.325 e. The number of anilines is 1. The zero-order valence-electron chi connectivity index (χ0n) is 13.3. The van der Waals surface area contributed by atoms with Crippen molar-refractivity contribution in [2.45, 2.75) is 13.8 Å². The highest BCUT2D eigenvalue weighted by Gasteiger charge is 2.14. The fourth-order valence-corrected chi connectivity index (χ4v) is 2.79. The summed E-state index contributed by atoms with van der Waals surface area (Å²) in [6, 6.07) is 24.5. The van der Waals surface area contributed by atoms with Gasteiger partial charge in [-0.3, -0.25) is 4.79 Å². The van der Waals surface area contributed by atoms with Crippen LogP contribution in [-0.4, -0.2) is 5.91 Å². The summed E-state index contributed by atoms with van der Waals surface area (Å²) in [4.78, 5) is 11.8.